The molecule has 1 amide bonds. The van der Waals surface area contributed by atoms with Gasteiger partial charge in [0.1, 0.15) is 17.2 Å². The monoisotopic (exact) mass is 327 g/mol. The lowest BCUT2D eigenvalue weighted by Gasteiger charge is -2.22. The minimum atomic E-state index is -1.98. The Morgan fingerprint density at radius 3 is 2.43 bits per heavy atom. The number of hydrogen-bond acceptors (Lipinski definition) is 4. The van der Waals surface area contributed by atoms with Crippen LogP contribution in [-0.2, 0) is 19.1 Å². The maximum atomic E-state index is 13.9. The van der Waals surface area contributed by atoms with Crippen LogP contribution in [0.4, 0.5) is 14.5 Å². The van der Waals surface area contributed by atoms with Crippen LogP contribution in [0, 0.1) is 11.6 Å². The van der Waals surface area contributed by atoms with Gasteiger partial charge in [-0.05, 0) is 19.1 Å². The van der Waals surface area contributed by atoms with Crippen molar-refractivity contribution in [3.8, 4) is 0 Å². The van der Waals surface area contributed by atoms with Crippen LogP contribution in [0.25, 0.3) is 0 Å². The van der Waals surface area contributed by atoms with Crippen LogP contribution in [-0.4, -0.2) is 40.7 Å². The highest BCUT2D eigenvalue weighted by Crippen LogP contribution is 2.34. The number of carboxylic acids is 2. The van der Waals surface area contributed by atoms with Crippen LogP contribution in [0.1, 0.15) is 6.92 Å². The van der Waals surface area contributed by atoms with E-state index in [0.717, 1.165) is 12.1 Å². The van der Waals surface area contributed by atoms with Crippen LogP contribution >= 0.6 is 0 Å². The van der Waals surface area contributed by atoms with Crippen molar-refractivity contribution in [2.45, 2.75) is 13.0 Å². The molecule has 1 atom stereocenters. The SMILES string of the molecule is CCOC1=C(C(=O)O)C(C(=O)O)N(c2ccc(F)cc2F)C1=O. The molecule has 1 unspecified atom stereocenters. The van der Waals surface area contributed by atoms with Crippen molar-refractivity contribution in [3.63, 3.8) is 0 Å². The lowest BCUT2D eigenvalue weighted by molar-refractivity contribution is -0.141. The van der Waals surface area contributed by atoms with Crippen molar-refractivity contribution in [1.29, 1.82) is 0 Å². The molecule has 0 bridgehead atoms. The first-order chi connectivity index (χ1) is 10.8. The summed E-state index contributed by atoms with van der Waals surface area (Å²) in [6.45, 7) is 1.38. The zero-order valence-corrected chi connectivity index (χ0v) is 11.7. The molecule has 0 saturated carbocycles. The van der Waals surface area contributed by atoms with Gasteiger partial charge in [0.25, 0.3) is 5.91 Å². The van der Waals surface area contributed by atoms with E-state index in [1.165, 1.54) is 6.92 Å². The smallest absolute Gasteiger partial charge is 0.338 e. The van der Waals surface area contributed by atoms with E-state index in [4.69, 9.17) is 4.74 Å². The zero-order valence-electron chi connectivity index (χ0n) is 11.7. The predicted molar refractivity (Wildman–Crippen MR) is 71.6 cm³/mol. The van der Waals surface area contributed by atoms with Gasteiger partial charge in [-0.15, -0.1) is 0 Å². The number of hydrogen-bond donors (Lipinski definition) is 2. The second-order valence-corrected chi connectivity index (χ2v) is 4.49. The molecule has 1 aromatic rings. The molecule has 1 aromatic carbocycles. The summed E-state index contributed by atoms with van der Waals surface area (Å²) < 4.78 is 31.9. The molecule has 2 rings (SSSR count). The normalized spacial score (nSPS) is 17.6. The van der Waals surface area contributed by atoms with Gasteiger partial charge in [0.05, 0.1) is 12.3 Å². The number of carbonyl (C=O) groups is 3. The molecule has 0 fully saturated rings. The average molecular weight is 327 g/mol. The van der Waals surface area contributed by atoms with Gasteiger partial charge in [0.2, 0.25) is 0 Å². The fraction of sp³-hybridized carbons (Fsp3) is 0.214. The number of halogens is 2. The quantitative estimate of drug-likeness (QED) is 0.840. The van der Waals surface area contributed by atoms with Gasteiger partial charge >= 0.3 is 11.9 Å². The largest absolute Gasteiger partial charge is 0.488 e. The summed E-state index contributed by atoms with van der Waals surface area (Å²) in [5.41, 5.74) is -1.37. The van der Waals surface area contributed by atoms with E-state index >= 15 is 0 Å². The molecule has 2 N–H and O–H groups in total. The number of benzene rings is 1. The Hall–Kier alpha value is -2.97. The summed E-state index contributed by atoms with van der Waals surface area (Å²) in [6, 6.07) is 0.151. The third-order valence-electron chi connectivity index (χ3n) is 3.11. The Morgan fingerprint density at radius 1 is 1.30 bits per heavy atom. The highest BCUT2D eigenvalue weighted by atomic mass is 19.1. The first kappa shape index (κ1) is 16.4. The minimum absolute atomic E-state index is 0.0933. The molecular weight excluding hydrogens is 316 g/mol. The van der Waals surface area contributed by atoms with Crippen LogP contribution in [0.5, 0.6) is 0 Å². The molecule has 0 radical (unpaired) electrons. The molecule has 9 heteroatoms. The highest BCUT2D eigenvalue weighted by Gasteiger charge is 2.49. The maximum Gasteiger partial charge on any atom is 0.338 e. The summed E-state index contributed by atoms with van der Waals surface area (Å²) in [4.78, 5) is 35.5. The maximum absolute atomic E-state index is 13.9. The lowest BCUT2D eigenvalue weighted by Crippen LogP contribution is -2.43. The van der Waals surface area contributed by atoms with Crippen LogP contribution in [0.15, 0.2) is 29.5 Å². The fourth-order valence-electron chi connectivity index (χ4n) is 2.25. The number of amides is 1. The van der Waals surface area contributed by atoms with E-state index in [-0.39, 0.29) is 6.61 Å². The van der Waals surface area contributed by atoms with Crippen LogP contribution in [0.3, 0.4) is 0 Å². The Balaban J connectivity index is 2.63. The second-order valence-electron chi connectivity index (χ2n) is 4.49. The van der Waals surface area contributed by atoms with Crippen molar-refractivity contribution in [3.05, 3.63) is 41.2 Å². The molecule has 23 heavy (non-hydrogen) atoms. The Kier molecular flexibility index (Phi) is 4.30. The molecule has 0 spiro atoms. The Labute approximate surface area is 128 Å². The number of carboxylic acid groups (broad SMARTS) is 2. The summed E-state index contributed by atoms with van der Waals surface area (Å²) in [7, 11) is 0. The molecule has 0 aromatic heterocycles. The van der Waals surface area contributed by atoms with E-state index in [1.54, 1.807) is 0 Å². The number of rotatable bonds is 5. The predicted octanol–water partition coefficient (Wildman–Crippen LogP) is 1.14. The van der Waals surface area contributed by atoms with Gasteiger partial charge in [0.15, 0.2) is 11.8 Å². The van der Waals surface area contributed by atoms with Crippen molar-refractivity contribution >= 4 is 23.5 Å². The third-order valence-corrected chi connectivity index (χ3v) is 3.11. The minimum Gasteiger partial charge on any atom is -0.488 e. The molecule has 0 aliphatic carbocycles. The van der Waals surface area contributed by atoms with E-state index in [9.17, 15) is 33.4 Å². The van der Waals surface area contributed by atoms with Gasteiger partial charge < -0.3 is 14.9 Å². The Morgan fingerprint density at radius 2 is 1.96 bits per heavy atom. The summed E-state index contributed by atoms with van der Waals surface area (Å²) >= 11 is 0. The van der Waals surface area contributed by atoms with Gasteiger partial charge in [-0.3, -0.25) is 9.69 Å². The number of anilines is 1. The topological polar surface area (TPSA) is 104 Å². The first-order valence-corrected chi connectivity index (χ1v) is 6.41. The molecule has 0 saturated heterocycles. The van der Waals surface area contributed by atoms with E-state index in [1.807, 2.05) is 0 Å². The van der Waals surface area contributed by atoms with Crippen LogP contribution < -0.4 is 4.90 Å². The number of ether oxygens (including phenoxy) is 1. The first-order valence-electron chi connectivity index (χ1n) is 6.41. The van der Waals surface area contributed by atoms with Gasteiger partial charge in [-0.25, -0.2) is 18.4 Å². The van der Waals surface area contributed by atoms with Crippen molar-refractivity contribution in [2.24, 2.45) is 0 Å². The van der Waals surface area contributed by atoms with Crippen molar-refractivity contribution < 1.29 is 38.1 Å². The lowest BCUT2D eigenvalue weighted by atomic mass is 10.1. The third kappa shape index (κ3) is 2.72. The second kappa shape index (κ2) is 6.03. The van der Waals surface area contributed by atoms with E-state index in [2.05, 4.69) is 0 Å². The number of nitrogens with zero attached hydrogens (tertiary/aromatic N) is 1. The molecule has 1 heterocycles. The summed E-state index contributed by atoms with van der Waals surface area (Å²) in [5.74, 6) is -7.31. The number of carbonyl (C=O) groups excluding carboxylic acids is 1. The van der Waals surface area contributed by atoms with Crippen LogP contribution in [0.2, 0.25) is 0 Å². The molecule has 1 aliphatic heterocycles. The average Bonchev–Trinajstić information content (AvgIpc) is 2.73. The van der Waals surface area contributed by atoms with Gasteiger partial charge in [0, 0.05) is 6.07 Å². The van der Waals surface area contributed by atoms with Gasteiger partial charge in [-0.1, -0.05) is 0 Å². The highest BCUT2D eigenvalue weighted by molar-refractivity contribution is 6.19. The van der Waals surface area contributed by atoms with Crippen molar-refractivity contribution in [2.75, 3.05) is 11.5 Å². The van der Waals surface area contributed by atoms with Gasteiger partial charge in [-0.2, -0.15) is 0 Å². The van der Waals surface area contributed by atoms with E-state index in [0.29, 0.717) is 11.0 Å². The standard InChI is InChI=1S/C14H11F2NO6/c1-2-23-11-9(13(19)20)10(14(21)22)17(12(11)18)8-4-3-6(15)5-7(8)16/h3-5,10H,2H2,1H3,(H,19,20)(H,21,22). The Bertz CT molecular complexity index is 730. The number of aliphatic carboxylic acids is 2. The zero-order chi connectivity index (χ0) is 17.3. The summed E-state index contributed by atoms with van der Waals surface area (Å²) in [5, 5.41) is 18.5. The molecule has 1 aliphatic rings. The van der Waals surface area contributed by atoms with Crippen molar-refractivity contribution in [1.82, 2.24) is 0 Å². The molecule has 7 nitrogen and oxygen atoms in total. The molecular formula is C14H11F2NO6. The van der Waals surface area contributed by atoms with E-state index < -0.39 is 52.5 Å². The summed E-state index contributed by atoms with van der Waals surface area (Å²) in [6.07, 6.45) is 0. The molecule has 122 valence electrons. The fourth-order valence-corrected chi connectivity index (χ4v) is 2.25.